The van der Waals surface area contributed by atoms with E-state index in [0.29, 0.717) is 78.7 Å². The molecule has 11 nitrogen and oxygen atoms in total. The molecule has 0 aliphatic carbocycles. The molecule has 0 saturated carbocycles. The van der Waals surface area contributed by atoms with Crippen molar-refractivity contribution in [3.05, 3.63) is 71.8 Å². The molecule has 0 N–H and O–H groups in total. The minimum atomic E-state index is -0.336. The normalized spacial score (nSPS) is 15.4. The van der Waals surface area contributed by atoms with Crippen molar-refractivity contribution in [2.24, 2.45) is 0 Å². The molecule has 0 spiro atoms. The summed E-state index contributed by atoms with van der Waals surface area (Å²) in [5, 5.41) is 0. The van der Waals surface area contributed by atoms with Gasteiger partial charge >= 0.3 is 11.9 Å². The summed E-state index contributed by atoms with van der Waals surface area (Å²) in [6.07, 6.45) is 1.53. The second-order valence-corrected chi connectivity index (χ2v) is 10.6. The molecule has 1 aliphatic rings. The standard InChI is InChI=1S/C34H46N2O9/c37-31(13-7-15-33(39)44-27-29-9-3-1-4-10-29)35-17-21-41-22-18-36(20-24-43-26-25-42-23-19-35)32(38)14-8-16-34(40)45-28-30-11-5-2-6-12-30/h1-6,9-12H,7-8,13-28H2. The average molecular weight is 627 g/mol. The SMILES string of the molecule is O=C(CCCC(=O)N1CCOCCOCCN(C(=O)CCCC(=O)OCc2ccccc2)CCOCC1)OCc1ccccc1. The lowest BCUT2D eigenvalue weighted by molar-refractivity contribution is -0.146. The molecule has 1 saturated heterocycles. The molecular weight excluding hydrogens is 580 g/mol. The van der Waals surface area contributed by atoms with Gasteiger partial charge in [-0.25, -0.2) is 0 Å². The summed E-state index contributed by atoms with van der Waals surface area (Å²) < 4.78 is 27.7. The quantitative estimate of drug-likeness (QED) is 0.326. The molecule has 0 radical (unpaired) electrons. The van der Waals surface area contributed by atoms with Crippen LogP contribution in [-0.4, -0.2) is 99.4 Å². The summed E-state index contributed by atoms with van der Waals surface area (Å²) in [5.41, 5.74) is 1.83. The van der Waals surface area contributed by atoms with Crippen LogP contribution in [-0.2, 0) is 56.1 Å². The molecule has 3 rings (SSSR count). The first-order valence-electron chi connectivity index (χ1n) is 15.7. The molecule has 0 atom stereocenters. The highest BCUT2D eigenvalue weighted by molar-refractivity contribution is 5.78. The first-order valence-corrected chi connectivity index (χ1v) is 15.7. The molecule has 0 aromatic heterocycles. The van der Waals surface area contributed by atoms with Gasteiger partial charge in [0.1, 0.15) is 13.2 Å². The van der Waals surface area contributed by atoms with Crippen molar-refractivity contribution in [1.82, 2.24) is 9.80 Å². The van der Waals surface area contributed by atoms with Crippen molar-refractivity contribution in [2.45, 2.75) is 51.7 Å². The number of rotatable bonds is 12. The van der Waals surface area contributed by atoms with Crippen molar-refractivity contribution in [2.75, 3.05) is 65.8 Å². The smallest absolute Gasteiger partial charge is 0.306 e. The zero-order valence-electron chi connectivity index (χ0n) is 26.1. The maximum absolute atomic E-state index is 12.9. The van der Waals surface area contributed by atoms with Gasteiger partial charge in [0.15, 0.2) is 0 Å². The third kappa shape index (κ3) is 15.7. The number of hydrogen-bond acceptors (Lipinski definition) is 9. The number of amides is 2. The lowest BCUT2D eigenvalue weighted by Crippen LogP contribution is -2.38. The molecule has 2 aromatic carbocycles. The Labute approximate surface area is 265 Å². The topological polar surface area (TPSA) is 121 Å². The largest absolute Gasteiger partial charge is 0.461 e. The Kier molecular flexibility index (Phi) is 17.3. The first-order chi connectivity index (χ1) is 22.0. The fraction of sp³-hybridized carbons (Fsp3) is 0.529. The second-order valence-electron chi connectivity index (χ2n) is 10.6. The van der Waals surface area contributed by atoms with E-state index in [4.69, 9.17) is 23.7 Å². The average Bonchev–Trinajstić information content (AvgIpc) is 3.07. The van der Waals surface area contributed by atoms with Crippen molar-refractivity contribution in [3.63, 3.8) is 0 Å². The van der Waals surface area contributed by atoms with Crippen LogP contribution in [0, 0.1) is 0 Å². The molecule has 2 aromatic rings. The number of ether oxygens (including phenoxy) is 5. The minimum absolute atomic E-state index is 0.0854. The van der Waals surface area contributed by atoms with Crippen LogP contribution in [0.15, 0.2) is 60.7 Å². The van der Waals surface area contributed by atoms with E-state index in [1.165, 1.54) is 0 Å². The maximum Gasteiger partial charge on any atom is 0.306 e. The highest BCUT2D eigenvalue weighted by Crippen LogP contribution is 2.08. The van der Waals surface area contributed by atoms with Gasteiger partial charge in [-0.1, -0.05) is 60.7 Å². The van der Waals surface area contributed by atoms with E-state index < -0.39 is 0 Å². The Morgan fingerprint density at radius 3 is 1.24 bits per heavy atom. The summed E-state index contributed by atoms with van der Waals surface area (Å²) in [5.74, 6) is -0.842. The van der Waals surface area contributed by atoms with Gasteiger partial charge in [0.2, 0.25) is 11.8 Å². The van der Waals surface area contributed by atoms with Crippen molar-refractivity contribution in [1.29, 1.82) is 0 Å². The Balaban J connectivity index is 1.35. The van der Waals surface area contributed by atoms with E-state index in [-0.39, 0.29) is 62.7 Å². The van der Waals surface area contributed by atoms with Gasteiger partial charge in [0.05, 0.1) is 39.6 Å². The number of carbonyl (C=O) groups excluding carboxylic acids is 4. The summed E-state index contributed by atoms with van der Waals surface area (Å²) >= 11 is 0. The fourth-order valence-electron chi connectivity index (χ4n) is 4.55. The maximum atomic E-state index is 12.9. The van der Waals surface area contributed by atoms with Gasteiger partial charge in [-0.05, 0) is 24.0 Å². The summed E-state index contributed by atoms with van der Waals surface area (Å²) in [4.78, 5) is 53.4. The van der Waals surface area contributed by atoms with E-state index in [1.54, 1.807) is 9.80 Å². The first kappa shape index (κ1) is 35.7. The number of carbonyl (C=O) groups is 4. The predicted octanol–water partition coefficient (Wildman–Crippen LogP) is 3.53. The third-order valence-corrected chi connectivity index (χ3v) is 7.13. The van der Waals surface area contributed by atoms with Crippen LogP contribution in [0.1, 0.15) is 49.7 Å². The van der Waals surface area contributed by atoms with Crippen LogP contribution in [0.2, 0.25) is 0 Å². The van der Waals surface area contributed by atoms with Crippen molar-refractivity contribution in [3.8, 4) is 0 Å². The highest BCUT2D eigenvalue weighted by atomic mass is 16.5. The van der Waals surface area contributed by atoms with Crippen LogP contribution >= 0.6 is 0 Å². The van der Waals surface area contributed by atoms with Crippen LogP contribution < -0.4 is 0 Å². The number of hydrogen-bond donors (Lipinski definition) is 0. The molecule has 45 heavy (non-hydrogen) atoms. The molecule has 0 bridgehead atoms. The zero-order chi connectivity index (χ0) is 32.0. The van der Waals surface area contributed by atoms with Crippen molar-refractivity contribution < 1.29 is 42.9 Å². The van der Waals surface area contributed by atoms with E-state index >= 15 is 0 Å². The Morgan fingerprint density at radius 2 is 0.867 bits per heavy atom. The van der Waals surface area contributed by atoms with Gasteiger partial charge in [0, 0.05) is 51.9 Å². The molecule has 1 fully saturated rings. The highest BCUT2D eigenvalue weighted by Gasteiger charge is 2.17. The number of benzene rings is 2. The number of esters is 2. The molecule has 1 aliphatic heterocycles. The Morgan fingerprint density at radius 1 is 0.511 bits per heavy atom. The molecule has 246 valence electrons. The monoisotopic (exact) mass is 626 g/mol. The Hall–Kier alpha value is -3.80. The van der Waals surface area contributed by atoms with E-state index in [1.807, 2.05) is 60.7 Å². The van der Waals surface area contributed by atoms with Crippen molar-refractivity contribution >= 4 is 23.8 Å². The molecular formula is C34H46N2O9. The molecule has 2 amide bonds. The van der Waals surface area contributed by atoms with Gasteiger partial charge in [-0.3, -0.25) is 19.2 Å². The predicted molar refractivity (Wildman–Crippen MR) is 166 cm³/mol. The fourth-order valence-corrected chi connectivity index (χ4v) is 4.55. The van der Waals surface area contributed by atoms with Crippen LogP contribution in [0.4, 0.5) is 0 Å². The number of nitrogens with zero attached hydrogens (tertiary/aromatic N) is 2. The summed E-state index contributed by atoms with van der Waals surface area (Å²) in [7, 11) is 0. The summed E-state index contributed by atoms with van der Waals surface area (Å²) in [6, 6.07) is 18.9. The van der Waals surface area contributed by atoms with E-state index in [2.05, 4.69) is 0 Å². The van der Waals surface area contributed by atoms with E-state index in [0.717, 1.165) is 11.1 Å². The van der Waals surface area contributed by atoms with E-state index in [9.17, 15) is 19.2 Å². The lowest BCUT2D eigenvalue weighted by Gasteiger charge is -2.24. The van der Waals surface area contributed by atoms with Gasteiger partial charge in [-0.15, -0.1) is 0 Å². The van der Waals surface area contributed by atoms with Gasteiger partial charge < -0.3 is 33.5 Å². The minimum Gasteiger partial charge on any atom is -0.461 e. The van der Waals surface area contributed by atoms with Gasteiger partial charge in [0.25, 0.3) is 0 Å². The molecule has 1 heterocycles. The lowest BCUT2D eigenvalue weighted by atomic mass is 10.2. The third-order valence-electron chi connectivity index (χ3n) is 7.13. The second kappa shape index (κ2) is 21.8. The zero-order valence-corrected chi connectivity index (χ0v) is 26.1. The molecule has 0 unspecified atom stereocenters. The van der Waals surface area contributed by atoms with Crippen LogP contribution in [0.5, 0.6) is 0 Å². The molecule has 11 heteroatoms. The Bertz CT molecular complexity index is 1060. The van der Waals surface area contributed by atoms with Crippen LogP contribution in [0.3, 0.4) is 0 Å². The van der Waals surface area contributed by atoms with Crippen LogP contribution in [0.25, 0.3) is 0 Å². The summed E-state index contributed by atoms with van der Waals surface area (Å²) in [6.45, 7) is 4.02. The van der Waals surface area contributed by atoms with Gasteiger partial charge in [-0.2, -0.15) is 0 Å².